The van der Waals surface area contributed by atoms with Gasteiger partial charge in [-0.25, -0.2) is 9.78 Å². The van der Waals surface area contributed by atoms with Gasteiger partial charge in [0.1, 0.15) is 11.6 Å². The van der Waals surface area contributed by atoms with Crippen LogP contribution in [0.2, 0.25) is 0 Å². The summed E-state index contributed by atoms with van der Waals surface area (Å²) in [6, 6.07) is 9.73. The van der Waals surface area contributed by atoms with Crippen molar-refractivity contribution in [1.82, 2.24) is 20.1 Å². The van der Waals surface area contributed by atoms with Crippen molar-refractivity contribution in [1.29, 1.82) is 0 Å². The zero-order valence-corrected chi connectivity index (χ0v) is 20.8. The van der Waals surface area contributed by atoms with Crippen molar-refractivity contribution >= 4 is 17.9 Å². The number of carbonyl (C=O) groups excluding carboxylic acids is 3. The number of pyridine rings is 1. The molecular weight excluding hydrogens is 448 g/mol. The van der Waals surface area contributed by atoms with Crippen LogP contribution in [0.4, 0.5) is 4.79 Å². The maximum absolute atomic E-state index is 13.3. The van der Waals surface area contributed by atoms with Crippen LogP contribution < -0.4 is 10.1 Å². The SMILES string of the molecule is CC(C)Oc1ccc(CNC(=O)C2c3ccccc3C(=O)N2C2CN(C(=O)OC(C)(C)C)C2)cn1. The van der Waals surface area contributed by atoms with Crippen LogP contribution in [-0.4, -0.2) is 63.5 Å². The molecule has 0 aliphatic carbocycles. The zero-order valence-electron chi connectivity index (χ0n) is 20.8. The van der Waals surface area contributed by atoms with E-state index >= 15 is 0 Å². The van der Waals surface area contributed by atoms with Crippen LogP contribution in [0, 0.1) is 0 Å². The molecule has 9 heteroatoms. The maximum Gasteiger partial charge on any atom is 0.410 e. The normalized spacial score (nSPS) is 17.8. The number of rotatable bonds is 6. The van der Waals surface area contributed by atoms with Crippen LogP contribution in [0.1, 0.15) is 62.1 Å². The van der Waals surface area contributed by atoms with Crippen LogP contribution in [0.15, 0.2) is 42.6 Å². The predicted molar refractivity (Wildman–Crippen MR) is 129 cm³/mol. The molecule has 1 unspecified atom stereocenters. The van der Waals surface area contributed by atoms with Crippen LogP contribution in [0.5, 0.6) is 5.88 Å². The second kappa shape index (κ2) is 9.56. The van der Waals surface area contributed by atoms with E-state index in [1.807, 2.05) is 46.8 Å². The van der Waals surface area contributed by atoms with E-state index < -0.39 is 17.7 Å². The van der Waals surface area contributed by atoms with Gasteiger partial charge in [-0.2, -0.15) is 0 Å². The van der Waals surface area contributed by atoms with Crippen molar-refractivity contribution in [2.75, 3.05) is 13.1 Å². The van der Waals surface area contributed by atoms with E-state index in [2.05, 4.69) is 10.3 Å². The maximum atomic E-state index is 13.3. The highest BCUT2D eigenvalue weighted by Crippen LogP contribution is 2.37. The molecular formula is C26H32N4O5. The Kier molecular flexibility index (Phi) is 6.69. The fourth-order valence-electron chi connectivity index (χ4n) is 4.20. The standard InChI is InChI=1S/C26H32N4O5/c1-16(2)34-21-11-10-17(12-27-21)13-28-23(31)22-19-8-6-7-9-20(19)24(32)30(22)18-14-29(15-18)25(33)35-26(3,4)5/h6-12,16,18,22H,13-15H2,1-5H3,(H,28,31). The fourth-order valence-corrected chi connectivity index (χ4v) is 4.20. The molecule has 4 rings (SSSR count). The molecule has 1 fully saturated rings. The van der Waals surface area contributed by atoms with Gasteiger partial charge in [0.25, 0.3) is 5.91 Å². The number of ether oxygens (including phenoxy) is 2. The molecule has 2 aliphatic heterocycles. The first-order valence-corrected chi connectivity index (χ1v) is 11.8. The average Bonchev–Trinajstić information content (AvgIpc) is 3.03. The van der Waals surface area contributed by atoms with Crippen molar-refractivity contribution in [2.24, 2.45) is 0 Å². The Balaban J connectivity index is 1.45. The van der Waals surface area contributed by atoms with Crippen molar-refractivity contribution in [3.05, 3.63) is 59.3 Å². The molecule has 0 radical (unpaired) electrons. The Morgan fingerprint density at radius 2 is 1.86 bits per heavy atom. The van der Waals surface area contributed by atoms with Gasteiger partial charge in [-0.1, -0.05) is 24.3 Å². The number of carbonyl (C=O) groups is 3. The summed E-state index contributed by atoms with van der Waals surface area (Å²) in [5, 5.41) is 2.94. The molecule has 2 aliphatic rings. The molecule has 1 N–H and O–H groups in total. The quantitative estimate of drug-likeness (QED) is 0.681. The number of hydrogen-bond acceptors (Lipinski definition) is 6. The van der Waals surface area contributed by atoms with E-state index in [4.69, 9.17) is 9.47 Å². The number of amides is 3. The van der Waals surface area contributed by atoms with Gasteiger partial charge in [0, 0.05) is 37.5 Å². The lowest BCUT2D eigenvalue weighted by molar-refractivity contribution is -0.127. The molecule has 1 atom stereocenters. The van der Waals surface area contributed by atoms with E-state index in [1.165, 1.54) is 0 Å². The van der Waals surface area contributed by atoms with Crippen LogP contribution in [-0.2, 0) is 16.1 Å². The Bertz CT molecular complexity index is 1100. The minimum Gasteiger partial charge on any atom is -0.475 e. The van der Waals surface area contributed by atoms with E-state index in [0.717, 1.165) is 5.56 Å². The first kappa shape index (κ1) is 24.5. The lowest BCUT2D eigenvalue weighted by atomic mass is 10.0. The third-order valence-electron chi connectivity index (χ3n) is 5.77. The Hall–Kier alpha value is -3.62. The summed E-state index contributed by atoms with van der Waals surface area (Å²) in [4.78, 5) is 46.4. The summed E-state index contributed by atoms with van der Waals surface area (Å²) in [6.07, 6.45) is 1.27. The van der Waals surface area contributed by atoms with Gasteiger partial charge in [0.2, 0.25) is 11.8 Å². The molecule has 3 heterocycles. The van der Waals surface area contributed by atoms with Crippen LogP contribution in [0.3, 0.4) is 0 Å². The van der Waals surface area contributed by atoms with Crippen molar-refractivity contribution < 1.29 is 23.9 Å². The van der Waals surface area contributed by atoms with Gasteiger partial charge in [-0.3, -0.25) is 9.59 Å². The highest BCUT2D eigenvalue weighted by atomic mass is 16.6. The summed E-state index contributed by atoms with van der Waals surface area (Å²) in [5.41, 5.74) is 1.40. The topological polar surface area (TPSA) is 101 Å². The van der Waals surface area contributed by atoms with E-state index in [-0.39, 0.29) is 30.5 Å². The molecule has 0 spiro atoms. The minimum atomic E-state index is -0.763. The molecule has 1 aromatic heterocycles. The van der Waals surface area contributed by atoms with Crippen molar-refractivity contribution in [2.45, 2.75) is 65.0 Å². The minimum absolute atomic E-state index is 0.0248. The second-order valence-electron chi connectivity index (χ2n) is 10.1. The van der Waals surface area contributed by atoms with Crippen molar-refractivity contribution in [3.8, 4) is 5.88 Å². The van der Waals surface area contributed by atoms with Crippen LogP contribution in [0.25, 0.3) is 0 Å². The average molecular weight is 481 g/mol. The smallest absolute Gasteiger partial charge is 0.410 e. The third kappa shape index (κ3) is 5.39. The Morgan fingerprint density at radius 1 is 1.14 bits per heavy atom. The number of aromatic nitrogens is 1. The molecule has 0 saturated carbocycles. The molecule has 1 saturated heterocycles. The number of nitrogens with zero attached hydrogens (tertiary/aromatic N) is 3. The zero-order chi connectivity index (χ0) is 25.3. The van der Waals surface area contributed by atoms with Gasteiger partial charge in [-0.05, 0) is 51.8 Å². The predicted octanol–water partition coefficient (Wildman–Crippen LogP) is 3.30. The monoisotopic (exact) mass is 480 g/mol. The molecule has 2 aromatic rings. The summed E-state index contributed by atoms with van der Waals surface area (Å²) < 4.78 is 11.0. The first-order valence-electron chi connectivity index (χ1n) is 11.8. The summed E-state index contributed by atoms with van der Waals surface area (Å²) in [6.45, 7) is 10.2. The lowest BCUT2D eigenvalue weighted by Gasteiger charge is -2.45. The Labute approximate surface area is 205 Å². The molecule has 3 amide bonds. The second-order valence-corrected chi connectivity index (χ2v) is 10.1. The molecule has 0 bridgehead atoms. The first-order chi connectivity index (χ1) is 16.5. The number of likely N-dealkylation sites (tertiary alicyclic amines) is 1. The highest BCUT2D eigenvalue weighted by molar-refractivity contribution is 6.05. The molecule has 35 heavy (non-hydrogen) atoms. The van der Waals surface area contributed by atoms with Gasteiger partial charge in [0.05, 0.1) is 12.1 Å². The fraction of sp³-hybridized carbons (Fsp3) is 0.462. The van der Waals surface area contributed by atoms with Gasteiger partial charge >= 0.3 is 6.09 Å². The van der Waals surface area contributed by atoms with Gasteiger partial charge in [0.15, 0.2) is 0 Å². The van der Waals surface area contributed by atoms with Crippen molar-refractivity contribution in [3.63, 3.8) is 0 Å². The van der Waals surface area contributed by atoms with E-state index in [0.29, 0.717) is 30.1 Å². The molecule has 9 nitrogen and oxygen atoms in total. The molecule has 1 aromatic carbocycles. The molecule has 186 valence electrons. The largest absolute Gasteiger partial charge is 0.475 e. The third-order valence-corrected chi connectivity index (χ3v) is 5.77. The van der Waals surface area contributed by atoms with Crippen LogP contribution >= 0.6 is 0 Å². The van der Waals surface area contributed by atoms with E-state index in [1.54, 1.807) is 40.3 Å². The number of fused-ring (bicyclic) bond motifs is 1. The highest BCUT2D eigenvalue weighted by Gasteiger charge is 2.49. The number of hydrogen-bond donors (Lipinski definition) is 1. The Morgan fingerprint density at radius 3 is 2.49 bits per heavy atom. The lowest BCUT2D eigenvalue weighted by Crippen LogP contribution is -2.63. The van der Waals surface area contributed by atoms with Gasteiger partial charge < -0.3 is 24.6 Å². The van der Waals surface area contributed by atoms with E-state index in [9.17, 15) is 14.4 Å². The van der Waals surface area contributed by atoms with Gasteiger partial charge in [-0.15, -0.1) is 0 Å². The number of nitrogens with one attached hydrogen (secondary N) is 1. The summed E-state index contributed by atoms with van der Waals surface area (Å²) >= 11 is 0. The summed E-state index contributed by atoms with van der Waals surface area (Å²) in [5.74, 6) is 0.0454. The summed E-state index contributed by atoms with van der Waals surface area (Å²) in [7, 11) is 0. The number of benzene rings is 1.